The number of aliphatic hydroxyl groups excluding tert-OH is 1. The number of sulfonamides is 1. The third-order valence-electron chi connectivity index (χ3n) is 5.28. The molecule has 2 aromatic rings. The zero-order valence-electron chi connectivity index (χ0n) is 17.3. The summed E-state index contributed by atoms with van der Waals surface area (Å²) in [6.07, 6.45) is 0.633. The number of aliphatic hydroxyl groups is 1. The second kappa shape index (κ2) is 8.96. The molecule has 162 valence electrons. The Bertz CT molecular complexity index is 1020. The predicted molar refractivity (Wildman–Crippen MR) is 119 cm³/mol. The number of rotatable bonds is 6. The molecule has 1 heterocycles. The Labute approximate surface area is 183 Å². The summed E-state index contributed by atoms with van der Waals surface area (Å²) in [5.41, 5.74) is 1.68. The number of nitrogens with zero attached hydrogens (tertiary/aromatic N) is 1. The van der Waals surface area contributed by atoms with Gasteiger partial charge in [-0.25, -0.2) is 18.1 Å². The predicted octanol–water partition coefficient (Wildman–Crippen LogP) is 3.77. The van der Waals surface area contributed by atoms with Crippen LogP contribution in [0.2, 0.25) is 5.02 Å². The molecule has 1 saturated heterocycles. The van der Waals surface area contributed by atoms with Gasteiger partial charge in [-0.3, -0.25) is 0 Å². The van der Waals surface area contributed by atoms with Crippen LogP contribution in [0.1, 0.15) is 43.0 Å². The summed E-state index contributed by atoms with van der Waals surface area (Å²) in [5, 5.41) is 9.28. The Morgan fingerprint density at radius 3 is 2.57 bits per heavy atom. The smallest absolute Gasteiger partial charge is 0.299 e. The first-order chi connectivity index (χ1) is 14.1. The molecule has 0 aromatic heterocycles. The van der Waals surface area contributed by atoms with Crippen molar-refractivity contribution in [3.8, 4) is 0 Å². The van der Waals surface area contributed by atoms with E-state index >= 15 is 0 Å². The molecule has 0 amide bonds. The first-order valence-corrected chi connectivity index (χ1v) is 11.7. The Morgan fingerprint density at radius 1 is 1.23 bits per heavy atom. The van der Waals surface area contributed by atoms with E-state index in [-0.39, 0.29) is 12.6 Å². The Kier molecular flexibility index (Phi) is 6.75. The number of hydrogen-bond donors (Lipinski definition) is 2. The fourth-order valence-corrected chi connectivity index (χ4v) is 5.53. The van der Waals surface area contributed by atoms with E-state index in [0.29, 0.717) is 17.9 Å². The maximum absolute atomic E-state index is 13.1. The minimum absolute atomic E-state index is 0.0675. The quantitative estimate of drug-likeness (QED) is 0.701. The van der Waals surface area contributed by atoms with Gasteiger partial charge in [0.2, 0.25) is 10.0 Å². The highest BCUT2D eigenvalue weighted by atomic mass is 35.5. The van der Waals surface area contributed by atoms with Gasteiger partial charge in [0.05, 0.1) is 6.04 Å². The molecule has 1 aliphatic heterocycles. The largest absolute Gasteiger partial charge is 0.457 e. The van der Waals surface area contributed by atoms with Gasteiger partial charge in [-0.2, -0.15) is 0 Å². The number of halogens is 1. The van der Waals surface area contributed by atoms with E-state index in [1.807, 2.05) is 43.3 Å². The van der Waals surface area contributed by atoms with Gasteiger partial charge in [-0.1, -0.05) is 48.0 Å². The lowest BCUT2D eigenvalue weighted by atomic mass is 9.97. The molecule has 1 unspecified atom stereocenters. The Balaban J connectivity index is 1.92. The maximum atomic E-state index is 13.1. The SMILES string of the molecule is Cc1ccc(Cl)cc1[C@H](CCO)N=C1NS(=O)(=O)C(Cc2ccccc2)C(C)(C)O1. The standard InChI is InChI=1S/C22H27ClN2O4S/c1-15-9-10-17(23)14-18(15)19(11-12-26)24-21-25-30(27,28)20(22(2,3)29-21)13-16-7-5-4-6-8-16/h4-10,14,19-20,26H,11-13H2,1-3H3,(H,24,25)/t19-,20?/m0/s1. The number of aliphatic imine (C=N–C) groups is 1. The molecule has 0 spiro atoms. The summed E-state index contributed by atoms with van der Waals surface area (Å²) in [5.74, 6) is 0. The molecular formula is C22H27ClN2O4S. The van der Waals surface area contributed by atoms with Crippen LogP contribution in [0.25, 0.3) is 0 Å². The number of ether oxygens (including phenoxy) is 1. The van der Waals surface area contributed by atoms with Crippen molar-refractivity contribution in [3.63, 3.8) is 0 Å². The molecule has 6 nitrogen and oxygen atoms in total. The molecule has 1 aliphatic rings. The van der Waals surface area contributed by atoms with Crippen LogP contribution in [-0.4, -0.2) is 37.0 Å². The third kappa shape index (κ3) is 5.14. The molecule has 3 rings (SSSR count). The zero-order chi connectivity index (χ0) is 21.9. The highest BCUT2D eigenvalue weighted by Gasteiger charge is 2.47. The van der Waals surface area contributed by atoms with Crippen LogP contribution >= 0.6 is 11.6 Å². The van der Waals surface area contributed by atoms with Crippen molar-refractivity contribution in [2.24, 2.45) is 4.99 Å². The van der Waals surface area contributed by atoms with Crippen LogP contribution in [0.15, 0.2) is 53.5 Å². The second-order valence-electron chi connectivity index (χ2n) is 7.99. The van der Waals surface area contributed by atoms with Gasteiger partial charge in [0.25, 0.3) is 6.02 Å². The fourth-order valence-electron chi connectivity index (χ4n) is 3.66. The Morgan fingerprint density at radius 2 is 1.93 bits per heavy atom. The van der Waals surface area contributed by atoms with Crippen molar-refractivity contribution in [1.82, 2.24) is 4.72 Å². The summed E-state index contributed by atoms with van der Waals surface area (Å²) >= 11 is 6.14. The summed E-state index contributed by atoms with van der Waals surface area (Å²) in [6.45, 7) is 5.31. The highest BCUT2D eigenvalue weighted by Crippen LogP contribution is 2.32. The number of benzene rings is 2. The average Bonchev–Trinajstić information content (AvgIpc) is 2.66. The van der Waals surface area contributed by atoms with E-state index < -0.39 is 26.9 Å². The molecule has 1 fully saturated rings. The number of hydrogen-bond acceptors (Lipinski definition) is 5. The van der Waals surface area contributed by atoms with Crippen molar-refractivity contribution in [2.75, 3.05) is 6.61 Å². The molecule has 2 atom stereocenters. The minimum Gasteiger partial charge on any atom is -0.457 e. The monoisotopic (exact) mass is 450 g/mol. The van der Waals surface area contributed by atoms with Gasteiger partial charge in [0.1, 0.15) is 10.9 Å². The lowest BCUT2D eigenvalue weighted by Gasteiger charge is -2.39. The Hall–Kier alpha value is -2.09. The molecule has 2 aromatic carbocycles. The van der Waals surface area contributed by atoms with Crippen molar-refractivity contribution < 1.29 is 18.3 Å². The van der Waals surface area contributed by atoms with Crippen molar-refractivity contribution in [2.45, 2.75) is 50.5 Å². The van der Waals surface area contributed by atoms with Gasteiger partial charge < -0.3 is 9.84 Å². The molecule has 8 heteroatoms. The van der Waals surface area contributed by atoms with Crippen LogP contribution in [0.3, 0.4) is 0 Å². The van der Waals surface area contributed by atoms with Crippen LogP contribution in [0.5, 0.6) is 0 Å². The number of amidine groups is 1. The maximum Gasteiger partial charge on any atom is 0.299 e. The number of aryl methyl sites for hydroxylation is 1. The van der Waals surface area contributed by atoms with E-state index in [4.69, 9.17) is 16.3 Å². The van der Waals surface area contributed by atoms with E-state index in [1.165, 1.54) is 0 Å². The minimum atomic E-state index is -3.73. The third-order valence-corrected chi connectivity index (χ3v) is 7.46. The van der Waals surface area contributed by atoms with E-state index in [2.05, 4.69) is 9.71 Å². The summed E-state index contributed by atoms with van der Waals surface area (Å²) in [4.78, 5) is 4.52. The van der Waals surface area contributed by atoms with Crippen LogP contribution in [-0.2, 0) is 21.2 Å². The van der Waals surface area contributed by atoms with E-state index in [9.17, 15) is 13.5 Å². The van der Waals surface area contributed by atoms with Gasteiger partial charge in [-0.05, 0) is 62.4 Å². The van der Waals surface area contributed by atoms with Crippen molar-refractivity contribution >= 4 is 27.6 Å². The molecule has 0 saturated carbocycles. The lowest BCUT2D eigenvalue weighted by molar-refractivity contribution is 0.0759. The average molecular weight is 451 g/mol. The van der Waals surface area contributed by atoms with Gasteiger partial charge in [0.15, 0.2) is 0 Å². The topological polar surface area (TPSA) is 88.0 Å². The molecule has 0 aliphatic carbocycles. The summed E-state index contributed by atoms with van der Waals surface area (Å²) in [7, 11) is -3.73. The van der Waals surface area contributed by atoms with Crippen LogP contribution in [0, 0.1) is 6.92 Å². The fraction of sp³-hybridized carbons (Fsp3) is 0.409. The summed E-state index contributed by atoms with van der Waals surface area (Å²) < 4.78 is 34.6. The second-order valence-corrected chi connectivity index (χ2v) is 10.3. The lowest BCUT2D eigenvalue weighted by Crippen LogP contribution is -2.59. The molecule has 0 bridgehead atoms. The molecule has 2 N–H and O–H groups in total. The zero-order valence-corrected chi connectivity index (χ0v) is 18.9. The molecular weight excluding hydrogens is 424 g/mol. The van der Waals surface area contributed by atoms with Crippen molar-refractivity contribution in [3.05, 3.63) is 70.2 Å². The van der Waals surface area contributed by atoms with Crippen LogP contribution in [0.4, 0.5) is 0 Å². The number of nitrogens with one attached hydrogen (secondary N) is 1. The van der Waals surface area contributed by atoms with Gasteiger partial charge >= 0.3 is 0 Å². The first-order valence-electron chi connectivity index (χ1n) is 9.81. The van der Waals surface area contributed by atoms with Crippen molar-refractivity contribution in [1.29, 1.82) is 0 Å². The molecule has 0 radical (unpaired) electrons. The van der Waals surface area contributed by atoms with Gasteiger partial charge in [-0.15, -0.1) is 0 Å². The van der Waals surface area contributed by atoms with E-state index in [1.54, 1.807) is 26.0 Å². The van der Waals surface area contributed by atoms with E-state index in [0.717, 1.165) is 16.7 Å². The van der Waals surface area contributed by atoms with Crippen LogP contribution < -0.4 is 4.72 Å². The first kappa shape index (κ1) is 22.6. The highest BCUT2D eigenvalue weighted by molar-refractivity contribution is 7.90. The normalized spacial score (nSPS) is 22.2. The van der Waals surface area contributed by atoms with Gasteiger partial charge in [0, 0.05) is 11.6 Å². The molecule has 30 heavy (non-hydrogen) atoms. The summed E-state index contributed by atoms with van der Waals surface area (Å²) in [6, 6.07) is 14.3.